The molecule has 1 aromatic rings. The highest BCUT2D eigenvalue weighted by Gasteiger charge is 2.08. The minimum atomic E-state index is 0.161. The minimum Gasteiger partial charge on any atom is -0.324 e. The molecule has 0 fully saturated rings. The molecule has 1 aromatic carbocycles. The lowest BCUT2D eigenvalue weighted by molar-refractivity contribution is 0.579. The predicted molar refractivity (Wildman–Crippen MR) is 67.3 cm³/mol. The van der Waals surface area contributed by atoms with Gasteiger partial charge >= 0.3 is 0 Å². The lowest BCUT2D eigenvalue weighted by Crippen LogP contribution is -2.11. The van der Waals surface area contributed by atoms with Gasteiger partial charge < -0.3 is 5.73 Å². The fourth-order valence-corrected chi connectivity index (χ4v) is 2.05. The molecule has 0 heterocycles. The first kappa shape index (κ1) is 12.5. The zero-order chi connectivity index (χ0) is 11.3. The van der Waals surface area contributed by atoms with Crippen LogP contribution in [0.1, 0.15) is 49.8 Å². The van der Waals surface area contributed by atoms with Crippen molar-refractivity contribution in [1.82, 2.24) is 0 Å². The smallest absolute Gasteiger partial charge is 0.0408 e. The third-order valence-electron chi connectivity index (χ3n) is 2.75. The van der Waals surface area contributed by atoms with Crippen molar-refractivity contribution in [3.8, 4) is 0 Å². The van der Waals surface area contributed by atoms with Gasteiger partial charge in [0.2, 0.25) is 0 Å². The standard InChI is InChI=1S/C13H20ClN/c1-3-4-5-6-13(15)12-8-7-11(14)9-10(12)2/h7-9,13H,3-6,15H2,1-2H3/t13-/m1/s1. The molecule has 0 aromatic heterocycles. The third kappa shape index (κ3) is 3.84. The minimum absolute atomic E-state index is 0.161. The van der Waals surface area contributed by atoms with E-state index in [4.69, 9.17) is 17.3 Å². The molecule has 0 radical (unpaired) electrons. The number of rotatable bonds is 5. The van der Waals surface area contributed by atoms with E-state index < -0.39 is 0 Å². The highest BCUT2D eigenvalue weighted by Crippen LogP contribution is 2.23. The number of unbranched alkanes of at least 4 members (excludes halogenated alkanes) is 2. The Morgan fingerprint density at radius 3 is 2.67 bits per heavy atom. The normalized spacial score (nSPS) is 12.8. The number of hydrogen-bond acceptors (Lipinski definition) is 1. The second-order valence-electron chi connectivity index (χ2n) is 4.10. The van der Waals surface area contributed by atoms with E-state index in [9.17, 15) is 0 Å². The maximum absolute atomic E-state index is 6.14. The first-order chi connectivity index (χ1) is 7.15. The van der Waals surface area contributed by atoms with Crippen LogP contribution >= 0.6 is 11.6 Å². The van der Waals surface area contributed by atoms with Gasteiger partial charge in [-0.2, -0.15) is 0 Å². The van der Waals surface area contributed by atoms with Gasteiger partial charge in [-0.3, -0.25) is 0 Å². The van der Waals surface area contributed by atoms with Crippen molar-refractivity contribution in [1.29, 1.82) is 0 Å². The molecule has 1 rings (SSSR count). The van der Waals surface area contributed by atoms with E-state index in [1.54, 1.807) is 0 Å². The summed E-state index contributed by atoms with van der Waals surface area (Å²) in [5, 5.41) is 0.789. The molecular formula is C13H20ClN. The maximum atomic E-state index is 6.14. The molecule has 0 aliphatic rings. The van der Waals surface area contributed by atoms with Crippen LogP contribution in [-0.2, 0) is 0 Å². The molecule has 0 aliphatic carbocycles. The Kier molecular flexibility index (Phi) is 5.13. The summed E-state index contributed by atoms with van der Waals surface area (Å²) < 4.78 is 0. The van der Waals surface area contributed by atoms with E-state index in [1.807, 2.05) is 18.2 Å². The molecule has 84 valence electrons. The Bertz CT molecular complexity index is 309. The summed E-state index contributed by atoms with van der Waals surface area (Å²) in [6, 6.07) is 6.11. The Hall–Kier alpha value is -0.530. The average molecular weight is 226 g/mol. The van der Waals surface area contributed by atoms with Gasteiger partial charge in [0.1, 0.15) is 0 Å². The van der Waals surface area contributed by atoms with Crippen LogP contribution in [0, 0.1) is 6.92 Å². The highest BCUT2D eigenvalue weighted by molar-refractivity contribution is 6.30. The number of hydrogen-bond donors (Lipinski definition) is 1. The summed E-state index contributed by atoms with van der Waals surface area (Å²) in [4.78, 5) is 0. The molecule has 0 bridgehead atoms. The summed E-state index contributed by atoms with van der Waals surface area (Å²) in [7, 11) is 0. The zero-order valence-electron chi connectivity index (χ0n) is 9.59. The van der Waals surface area contributed by atoms with Crippen LogP contribution < -0.4 is 5.73 Å². The number of benzene rings is 1. The molecule has 0 aliphatic heterocycles. The SMILES string of the molecule is CCCCC[C@@H](N)c1ccc(Cl)cc1C. The quantitative estimate of drug-likeness (QED) is 0.746. The molecule has 0 amide bonds. The van der Waals surface area contributed by atoms with E-state index >= 15 is 0 Å². The van der Waals surface area contributed by atoms with Crippen molar-refractivity contribution in [2.24, 2.45) is 5.73 Å². The van der Waals surface area contributed by atoms with E-state index in [0.717, 1.165) is 11.4 Å². The molecule has 1 nitrogen and oxygen atoms in total. The summed E-state index contributed by atoms with van der Waals surface area (Å²) in [5.74, 6) is 0. The molecule has 0 saturated heterocycles. The van der Waals surface area contributed by atoms with Crippen LogP contribution in [0.5, 0.6) is 0 Å². The van der Waals surface area contributed by atoms with Crippen molar-refractivity contribution in [3.63, 3.8) is 0 Å². The van der Waals surface area contributed by atoms with Crippen molar-refractivity contribution >= 4 is 11.6 Å². The third-order valence-corrected chi connectivity index (χ3v) is 2.99. The fraction of sp³-hybridized carbons (Fsp3) is 0.538. The van der Waals surface area contributed by atoms with Gasteiger partial charge in [-0.1, -0.05) is 43.9 Å². The second-order valence-corrected chi connectivity index (χ2v) is 4.54. The van der Waals surface area contributed by atoms with Crippen molar-refractivity contribution < 1.29 is 0 Å². The average Bonchev–Trinajstić information content (AvgIpc) is 2.17. The molecule has 2 N–H and O–H groups in total. The summed E-state index contributed by atoms with van der Waals surface area (Å²) in [6.45, 7) is 4.28. The molecule has 0 spiro atoms. The summed E-state index contributed by atoms with van der Waals surface area (Å²) in [6.07, 6.45) is 4.78. The van der Waals surface area contributed by atoms with Crippen LogP contribution in [0.2, 0.25) is 5.02 Å². The van der Waals surface area contributed by atoms with Gasteiger partial charge in [-0.25, -0.2) is 0 Å². The Morgan fingerprint density at radius 1 is 1.33 bits per heavy atom. The van der Waals surface area contributed by atoms with Gasteiger partial charge in [0.05, 0.1) is 0 Å². The van der Waals surface area contributed by atoms with E-state index in [-0.39, 0.29) is 6.04 Å². The monoisotopic (exact) mass is 225 g/mol. The topological polar surface area (TPSA) is 26.0 Å². The van der Waals surface area contributed by atoms with Gasteiger partial charge in [0.15, 0.2) is 0 Å². The van der Waals surface area contributed by atoms with Crippen molar-refractivity contribution in [2.75, 3.05) is 0 Å². The zero-order valence-corrected chi connectivity index (χ0v) is 10.3. The first-order valence-corrected chi connectivity index (χ1v) is 6.04. The van der Waals surface area contributed by atoms with E-state index in [2.05, 4.69) is 13.8 Å². The van der Waals surface area contributed by atoms with E-state index in [1.165, 1.54) is 30.4 Å². The Morgan fingerprint density at radius 2 is 2.07 bits per heavy atom. The van der Waals surface area contributed by atoms with Crippen molar-refractivity contribution in [2.45, 2.75) is 45.6 Å². The van der Waals surface area contributed by atoms with Crippen molar-refractivity contribution in [3.05, 3.63) is 34.3 Å². The van der Waals surface area contributed by atoms with Crippen LogP contribution in [0.25, 0.3) is 0 Å². The van der Waals surface area contributed by atoms with Gasteiger partial charge in [0.25, 0.3) is 0 Å². The molecular weight excluding hydrogens is 206 g/mol. The molecule has 0 saturated carbocycles. The van der Waals surface area contributed by atoms with Gasteiger partial charge in [-0.15, -0.1) is 0 Å². The van der Waals surface area contributed by atoms with Crippen LogP contribution in [0.3, 0.4) is 0 Å². The lowest BCUT2D eigenvalue weighted by atomic mass is 9.97. The van der Waals surface area contributed by atoms with Gasteiger partial charge in [0, 0.05) is 11.1 Å². The molecule has 1 atom stereocenters. The first-order valence-electron chi connectivity index (χ1n) is 5.66. The highest BCUT2D eigenvalue weighted by atomic mass is 35.5. The second kappa shape index (κ2) is 6.14. The van der Waals surface area contributed by atoms with E-state index in [0.29, 0.717) is 0 Å². The van der Waals surface area contributed by atoms with Gasteiger partial charge in [-0.05, 0) is 36.6 Å². The van der Waals surface area contributed by atoms with Crippen LogP contribution in [0.15, 0.2) is 18.2 Å². The van der Waals surface area contributed by atoms with Crippen LogP contribution in [0.4, 0.5) is 0 Å². The fourth-order valence-electron chi connectivity index (χ4n) is 1.82. The lowest BCUT2D eigenvalue weighted by Gasteiger charge is -2.14. The largest absolute Gasteiger partial charge is 0.324 e. The molecule has 15 heavy (non-hydrogen) atoms. The maximum Gasteiger partial charge on any atom is 0.0408 e. The van der Waals surface area contributed by atoms with Crippen LogP contribution in [-0.4, -0.2) is 0 Å². The summed E-state index contributed by atoms with van der Waals surface area (Å²) >= 11 is 5.91. The summed E-state index contributed by atoms with van der Waals surface area (Å²) in [5.41, 5.74) is 8.58. The molecule has 2 heteroatoms. The number of nitrogens with two attached hydrogens (primary N) is 1. The molecule has 0 unspecified atom stereocenters. The Labute approximate surface area is 97.6 Å². The Balaban J connectivity index is 2.61. The number of halogens is 1. The number of aryl methyl sites for hydroxylation is 1. The predicted octanol–water partition coefficient (Wildman–Crippen LogP) is 4.23.